The predicted octanol–water partition coefficient (Wildman–Crippen LogP) is 4.58. The van der Waals surface area contributed by atoms with Crippen LogP contribution in [0, 0.1) is 0 Å². The molecule has 21 heavy (non-hydrogen) atoms. The molecule has 0 saturated heterocycles. The van der Waals surface area contributed by atoms with E-state index in [2.05, 4.69) is 6.92 Å². The van der Waals surface area contributed by atoms with Crippen molar-refractivity contribution in [2.75, 3.05) is 13.7 Å². The summed E-state index contributed by atoms with van der Waals surface area (Å²) in [7, 11) is 1.53. The first kappa shape index (κ1) is 17.3. The second kappa shape index (κ2) is 10.0. The van der Waals surface area contributed by atoms with Gasteiger partial charge in [-0.1, -0.05) is 56.5 Å². The van der Waals surface area contributed by atoms with Gasteiger partial charge >= 0.3 is 5.97 Å². The number of rotatable bonds is 9. The van der Waals surface area contributed by atoms with Crippen LogP contribution in [0.4, 0.5) is 0 Å². The summed E-state index contributed by atoms with van der Waals surface area (Å²) in [5.41, 5.74) is 1.96. The molecule has 0 radical (unpaired) electrons. The number of benzene rings is 1. The molecule has 0 bridgehead atoms. The lowest BCUT2D eigenvalue weighted by molar-refractivity contribution is -0.141. The molecule has 3 heteroatoms. The number of unbranched alkanes of at least 4 members (excludes halogenated alkanes) is 3. The Morgan fingerprint density at radius 1 is 1.05 bits per heavy atom. The number of allylic oxidation sites excluding steroid dienone is 1. The average molecular weight is 290 g/mol. The molecule has 1 aromatic rings. The number of hydrogen-bond donors (Lipinski definition) is 0. The second-order valence-electron chi connectivity index (χ2n) is 4.91. The number of ether oxygens (including phenoxy) is 2. The molecule has 0 aliphatic heterocycles. The summed E-state index contributed by atoms with van der Waals surface area (Å²) in [6, 6.07) is 9.93. The van der Waals surface area contributed by atoms with Crippen molar-refractivity contribution in [3.8, 4) is 0 Å². The third kappa shape index (κ3) is 5.62. The normalized spacial score (nSPS) is 11.8. The summed E-state index contributed by atoms with van der Waals surface area (Å²) in [5.74, 6) is -0.0473. The lowest BCUT2D eigenvalue weighted by Crippen LogP contribution is -2.12. The molecule has 0 fully saturated rings. The van der Waals surface area contributed by atoms with Gasteiger partial charge in [0, 0.05) is 5.57 Å². The van der Waals surface area contributed by atoms with E-state index in [4.69, 9.17) is 9.47 Å². The molecule has 0 spiro atoms. The maximum atomic E-state index is 12.1. The third-order valence-electron chi connectivity index (χ3n) is 3.34. The van der Waals surface area contributed by atoms with Crippen LogP contribution in [-0.4, -0.2) is 19.7 Å². The minimum atomic E-state index is -0.380. The van der Waals surface area contributed by atoms with E-state index in [1.165, 1.54) is 20.0 Å². The number of methoxy groups -OCH3 is 1. The van der Waals surface area contributed by atoms with Crippen LogP contribution in [-0.2, 0) is 14.3 Å². The van der Waals surface area contributed by atoms with Crippen LogP contribution in [0.2, 0.25) is 0 Å². The second-order valence-corrected chi connectivity index (χ2v) is 4.91. The van der Waals surface area contributed by atoms with E-state index in [1.807, 2.05) is 30.3 Å². The van der Waals surface area contributed by atoms with Crippen LogP contribution in [0.1, 0.15) is 51.5 Å². The van der Waals surface area contributed by atoms with Crippen LogP contribution in [0.25, 0.3) is 5.57 Å². The fourth-order valence-corrected chi connectivity index (χ4v) is 2.28. The number of esters is 1. The monoisotopic (exact) mass is 290 g/mol. The van der Waals surface area contributed by atoms with Crippen molar-refractivity contribution >= 4 is 11.5 Å². The Balaban J connectivity index is 3.00. The molecule has 1 rings (SSSR count). The molecule has 1 aromatic carbocycles. The molecule has 0 amide bonds. The highest BCUT2D eigenvalue weighted by Crippen LogP contribution is 2.26. The minimum absolute atomic E-state index is 0.333. The van der Waals surface area contributed by atoms with Gasteiger partial charge in [0.25, 0.3) is 0 Å². The fraction of sp³-hybridized carbons (Fsp3) is 0.500. The SMILES string of the molecule is CCCCCCC(=C(OC)C(=O)OCC)c1ccccc1. The Morgan fingerprint density at radius 2 is 1.76 bits per heavy atom. The number of hydrogen-bond acceptors (Lipinski definition) is 3. The highest BCUT2D eigenvalue weighted by atomic mass is 16.6. The Hall–Kier alpha value is -1.77. The molecular formula is C18H26O3. The van der Waals surface area contributed by atoms with E-state index in [9.17, 15) is 4.79 Å². The van der Waals surface area contributed by atoms with Gasteiger partial charge in [-0.05, 0) is 25.3 Å². The average Bonchev–Trinajstić information content (AvgIpc) is 2.51. The van der Waals surface area contributed by atoms with Gasteiger partial charge in [0.1, 0.15) is 0 Å². The largest absolute Gasteiger partial charge is 0.490 e. The van der Waals surface area contributed by atoms with Crippen LogP contribution in [0.15, 0.2) is 36.1 Å². The minimum Gasteiger partial charge on any atom is -0.490 e. The van der Waals surface area contributed by atoms with Gasteiger partial charge in [-0.25, -0.2) is 4.79 Å². The van der Waals surface area contributed by atoms with Crippen molar-refractivity contribution < 1.29 is 14.3 Å². The van der Waals surface area contributed by atoms with E-state index in [0.29, 0.717) is 12.4 Å². The Kier molecular flexibility index (Phi) is 8.25. The molecule has 0 heterocycles. The van der Waals surface area contributed by atoms with Crippen LogP contribution >= 0.6 is 0 Å². The standard InChI is InChI=1S/C18H26O3/c1-4-6-7-11-14-16(15-12-9-8-10-13-15)17(20-3)18(19)21-5-2/h8-10,12-13H,4-7,11,14H2,1-3H3. The Bertz CT molecular complexity index is 449. The molecule has 0 aliphatic rings. The van der Waals surface area contributed by atoms with Crippen molar-refractivity contribution in [1.29, 1.82) is 0 Å². The van der Waals surface area contributed by atoms with Crippen molar-refractivity contribution in [3.05, 3.63) is 41.7 Å². The van der Waals surface area contributed by atoms with E-state index < -0.39 is 0 Å². The van der Waals surface area contributed by atoms with Crippen molar-refractivity contribution in [3.63, 3.8) is 0 Å². The van der Waals surface area contributed by atoms with Crippen molar-refractivity contribution in [2.24, 2.45) is 0 Å². The smallest absolute Gasteiger partial charge is 0.373 e. The van der Waals surface area contributed by atoms with Gasteiger partial charge in [0.2, 0.25) is 5.76 Å². The summed E-state index contributed by atoms with van der Waals surface area (Å²) in [6.07, 6.45) is 5.44. The molecule has 116 valence electrons. The Morgan fingerprint density at radius 3 is 2.33 bits per heavy atom. The van der Waals surface area contributed by atoms with Gasteiger partial charge in [0.05, 0.1) is 13.7 Å². The molecule has 0 saturated carbocycles. The predicted molar refractivity (Wildman–Crippen MR) is 85.8 cm³/mol. The van der Waals surface area contributed by atoms with E-state index in [0.717, 1.165) is 30.4 Å². The van der Waals surface area contributed by atoms with E-state index in [1.54, 1.807) is 6.92 Å². The zero-order chi connectivity index (χ0) is 15.5. The van der Waals surface area contributed by atoms with Gasteiger partial charge in [0.15, 0.2) is 0 Å². The maximum absolute atomic E-state index is 12.1. The summed E-state index contributed by atoms with van der Waals surface area (Å²) in [5, 5.41) is 0. The zero-order valence-electron chi connectivity index (χ0n) is 13.4. The summed E-state index contributed by atoms with van der Waals surface area (Å²) in [4.78, 5) is 12.1. The van der Waals surface area contributed by atoms with Crippen molar-refractivity contribution in [2.45, 2.75) is 46.0 Å². The fourth-order valence-electron chi connectivity index (χ4n) is 2.28. The highest BCUT2D eigenvalue weighted by Gasteiger charge is 2.18. The molecule has 0 unspecified atom stereocenters. The third-order valence-corrected chi connectivity index (χ3v) is 3.34. The first-order valence-electron chi connectivity index (χ1n) is 7.74. The molecule has 0 atom stereocenters. The lowest BCUT2D eigenvalue weighted by Gasteiger charge is -2.14. The summed E-state index contributed by atoms with van der Waals surface area (Å²) >= 11 is 0. The highest BCUT2D eigenvalue weighted by molar-refractivity contribution is 5.95. The Labute approximate surface area is 128 Å². The zero-order valence-corrected chi connectivity index (χ0v) is 13.4. The van der Waals surface area contributed by atoms with Gasteiger partial charge in [-0.15, -0.1) is 0 Å². The molecule has 0 N–H and O–H groups in total. The van der Waals surface area contributed by atoms with Crippen LogP contribution in [0.3, 0.4) is 0 Å². The van der Waals surface area contributed by atoms with E-state index in [-0.39, 0.29) is 5.97 Å². The number of carbonyl (C=O) groups is 1. The maximum Gasteiger partial charge on any atom is 0.373 e. The molecule has 3 nitrogen and oxygen atoms in total. The lowest BCUT2D eigenvalue weighted by atomic mass is 9.98. The number of carbonyl (C=O) groups excluding carboxylic acids is 1. The van der Waals surface area contributed by atoms with Crippen LogP contribution in [0.5, 0.6) is 0 Å². The molecular weight excluding hydrogens is 264 g/mol. The summed E-state index contributed by atoms with van der Waals surface area (Å²) in [6.45, 7) is 4.34. The van der Waals surface area contributed by atoms with Crippen molar-refractivity contribution in [1.82, 2.24) is 0 Å². The van der Waals surface area contributed by atoms with E-state index >= 15 is 0 Å². The van der Waals surface area contributed by atoms with Gasteiger partial charge in [-0.2, -0.15) is 0 Å². The molecule has 0 aromatic heterocycles. The van der Waals surface area contributed by atoms with Gasteiger partial charge < -0.3 is 9.47 Å². The topological polar surface area (TPSA) is 35.5 Å². The first-order chi connectivity index (χ1) is 10.2. The first-order valence-corrected chi connectivity index (χ1v) is 7.74. The van der Waals surface area contributed by atoms with Gasteiger partial charge in [-0.3, -0.25) is 0 Å². The molecule has 0 aliphatic carbocycles. The summed E-state index contributed by atoms with van der Waals surface area (Å²) < 4.78 is 10.4. The quantitative estimate of drug-likeness (QED) is 0.289. The van der Waals surface area contributed by atoms with Crippen LogP contribution < -0.4 is 0 Å².